The summed E-state index contributed by atoms with van der Waals surface area (Å²) in [6.07, 6.45) is 11.8. The molecule has 2 N–H and O–H groups in total. The number of piperidine rings is 1. The fourth-order valence-corrected chi connectivity index (χ4v) is 3.57. The topological polar surface area (TPSA) is 68.2 Å². The Morgan fingerprint density at radius 3 is 2.96 bits per heavy atom. The fraction of sp³-hybridized carbons (Fsp3) is 0.778. The van der Waals surface area contributed by atoms with Gasteiger partial charge in [-0.3, -0.25) is 9.48 Å². The van der Waals surface area contributed by atoms with Crippen molar-refractivity contribution < 1.29 is 9.53 Å². The number of carbonyl (C=O) groups is 1. The molecule has 0 bridgehead atoms. The van der Waals surface area contributed by atoms with Crippen molar-refractivity contribution >= 4 is 5.91 Å². The van der Waals surface area contributed by atoms with E-state index in [4.69, 9.17) is 4.74 Å². The van der Waals surface area contributed by atoms with Gasteiger partial charge in [-0.1, -0.05) is 19.3 Å². The van der Waals surface area contributed by atoms with Gasteiger partial charge < -0.3 is 15.4 Å². The zero-order chi connectivity index (χ0) is 16.6. The van der Waals surface area contributed by atoms with Crippen LogP contribution in [0.1, 0.15) is 67.9 Å². The van der Waals surface area contributed by atoms with Crippen molar-refractivity contribution in [2.24, 2.45) is 0 Å². The largest absolute Gasteiger partial charge is 0.378 e. The molecule has 0 aromatic carbocycles. The van der Waals surface area contributed by atoms with Gasteiger partial charge in [0, 0.05) is 25.9 Å². The van der Waals surface area contributed by atoms with E-state index in [1.807, 2.05) is 16.9 Å². The molecular weight excluding hydrogens is 304 g/mol. The van der Waals surface area contributed by atoms with E-state index in [9.17, 15) is 4.79 Å². The van der Waals surface area contributed by atoms with Gasteiger partial charge in [-0.05, 0) is 44.7 Å². The van der Waals surface area contributed by atoms with Crippen LogP contribution in [0, 0.1) is 0 Å². The number of ether oxygens (including phenoxy) is 1. The predicted molar refractivity (Wildman–Crippen MR) is 93.1 cm³/mol. The molecule has 2 fully saturated rings. The molecule has 1 amide bonds. The summed E-state index contributed by atoms with van der Waals surface area (Å²) in [6.45, 7) is 3.38. The Balaban J connectivity index is 1.33. The number of aromatic nitrogens is 2. The summed E-state index contributed by atoms with van der Waals surface area (Å²) in [5.74, 6) is -0.0878. The van der Waals surface area contributed by atoms with Gasteiger partial charge in [0.25, 0.3) is 5.91 Å². The van der Waals surface area contributed by atoms with E-state index in [1.165, 1.54) is 32.1 Å². The number of nitrogens with one attached hydrogen (secondary N) is 2. The van der Waals surface area contributed by atoms with E-state index in [2.05, 4.69) is 15.7 Å². The lowest BCUT2D eigenvalue weighted by Crippen LogP contribution is -2.32. The first-order valence-electron chi connectivity index (χ1n) is 9.48. The van der Waals surface area contributed by atoms with E-state index in [1.54, 1.807) is 0 Å². The van der Waals surface area contributed by atoms with Crippen LogP contribution in [0.5, 0.6) is 0 Å². The van der Waals surface area contributed by atoms with Crippen molar-refractivity contribution in [1.82, 2.24) is 20.4 Å². The van der Waals surface area contributed by atoms with Gasteiger partial charge in [0.05, 0.1) is 12.1 Å². The molecule has 0 radical (unpaired) electrons. The number of hydrogen-bond donors (Lipinski definition) is 2. The molecule has 6 nitrogen and oxygen atoms in total. The van der Waals surface area contributed by atoms with Crippen LogP contribution in [-0.4, -0.2) is 48.0 Å². The van der Waals surface area contributed by atoms with Gasteiger partial charge in [0.2, 0.25) is 0 Å². The second-order valence-electron chi connectivity index (χ2n) is 6.92. The average Bonchev–Trinajstić information content (AvgIpc) is 3.13. The maximum absolute atomic E-state index is 12.2. The third-order valence-corrected chi connectivity index (χ3v) is 5.00. The Morgan fingerprint density at radius 1 is 1.29 bits per heavy atom. The van der Waals surface area contributed by atoms with Crippen molar-refractivity contribution in [2.75, 3.05) is 26.2 Å². The molecule has 3 rings (SSSR count). The minimum Gasteiger partial charge on any atom is -0.378 e. The smallest absolute Gasteiger partial charge is 0.271 e. The quantitative estimate of drug-likeness (QED) is 0.751. The summed E-state index contributed by atoms with van der Waals surface area (Å²) in [5.41, 5.74) is 0.508. The molecule has 2 heterocycles. The number of hydrogen-bond acceptors (Lipinski definition) is 4. The highest BCUT2D eigenvalue weighted by Gasteiger charge is 2.17. The molecule has 0 spiro atoms. The standard InChI is InChI=1S/C18H30N4O2/c23-18(20-11-5-13-24-16-7-2-1-3-8-16)17-9-12-22(21-17)15-6-4-10-19-14-15/h9,12,15-16,19H,1-8,10-11,13-14H2,(H,20,23). The predicted octanol–water partition coefficient (Wildman–Crippen LogP) is 2.28. The van der Waals surface area contributed by atoms with Crippen molar-refractivity contribution in [3.05, 3.63) is 18.0 Å². The van der Waals surface area contributed by atoms with Crippen LogP contribution in [0.25, 0.3) is 0 Å². The summed E-state index contributed by atoms with van der Waals surface area (Å²) in [5, 5.41) is 10.8. The summed E-state index contributed by atoms with van der Waals surface area (Å²) in [4.78, 5) is 12.2. The van der Waals surface area contributed by atoms with Gasteiger partial charge in [-0.25, -0.2) is 0 Å². The Labute approximate surface area is 144 Å². The lowest BCUT2D eigenvalue weighted by atomic mass is 9.98. The molecule has 24 heavy (non-hydrogen) atoms. The van der Waals surface area contributed by atoms with Crippen molar-refractivity contribution in [1.29, 1.82) is 0 Å². The molecule has 1 aliphatic heterocycles. The van der Waals surface area contributed by atoms with Crippen LogP contribution < -0.4 is 10.6 Å². The number of carbonyl (C=O) groups excluding carboxylic acids is 1. The molecule has 6 heteroatoms. The van der Waals surface area contributed by atoms with Gasteiger partial charge in [0.15, 0.2) is 0 Å². The van der Waals surface area contributed by atoms with Gasteiger partial charge in [0.1, 0.15) is 5.69 Å². The fourth-order valence-electron chi connectivity index (χ4n) is 3.57. The SMILES string of the molecule is O=C(NCCCOC1CCCCC1)c1ccn(C2CCCNC2)n1. The highest BCUT2D eigenvalue weighted by atomic mass is 16.5. The van der Waals surface area contributed by atoms with E-state index < -0.39 is 0 Å². The Bertz CT molecular complexity index is 505. The molecule has 2 aliphatic rings. The molecule has 1 aliphatic carbocycles. The van der Waals surface area contributed by atoms with E-state index in [-0.39, 0.29) is 5.91 Å². The monoisotopic (exact) mass is 334 g/mol. The molecule has 1 aromatic rings. The van der Waals surface area contributed by atoms with Crippen LogP contribution in [0.2, 0.25) is 0 Å². The van der Waals surface area contributed by atoms with Crippen LogP contribution in [0.15, 0.2) is 12.3 Å². The van der Waals surface area contributed by atoms with Crippen LogP contribution in [-0.2, 0) is 4.74 Å². The van der Waals surface area contributed by atoms with Crippen LogP contribution in [0.4, 0.5) is 0 Å². The highest BCUT2D eigenvalue weighted by molar-refractivity contribution is 5.92. The second-order valence-corrected chi connectivity index (χ2v) is 6.92. The molecule has 134 valence electrons. The lowest BCUT2D eigenvalue weighted by molar-refractivity contribution is 0.0273. The highest BCUT2D eigenvalue weighted by Crippen LogP contribution is 2.20. The maximum Gasteiger partial charge on any atom is 0.271 e. The Kier molecular flexibility index (Phi) is 6.66. The summed E-state index contributed by atoms with van der Waals surface area (Å²) in [6, 6.07) is 2.17. The zero-order valence-corrected chi connectivity index (χ0v) is 14.5. The first kappa shape index (κ1) is 17.4. The van der Waals surface area contributed by atoms with Crippen LogP contribution in [0.3, 0.4) is 0 Å². The van der Waals surface area contributed by atoms with Gasteiger partial charge in [-0.15, -0.1) is 0 Å². The number of rotatable bonds is 7. The van der Waals surface area contributed by atoms with Crippen molar-refractivity contribution in [2.45, 2.75) is 63.5 Å². The van der Waals surface area contributed by atoms with Gasteiger partial charge in [-0.2, -0.15) is 5.10 Å². The first-order chi connectivity index (χ1) is 11.8. The summed E-state index contributed by atoms with van der Waals surface area (Å²) < 4.78 is 7.80. The molecule has 1 saturated carbocycles. The van der Waals surface area contributed by atoms with Crippen molar-refractivity contribution in [3.8, 4) is 0 Å². The first-order valence-corrected chi connectivity index (χ1v) is 9.48. The minimum absolute atomic E-state index is 0.0878. The minimum atomic E-state index is -0.0878. The van der Waals surface area contributed by atoms with Gasteiger partial charge >= 0.3 is 0 Å². The molecule has 1 atom stereocenters. The maximum atomic E-state index is 12.2. The average molecular weight is 334 g/mol. The molecule has 1 aromatic heterocycles. The van der Waals surface area contributed by atoms with Crippen molar-refractivity contribution in [3.63, 3.8) is 0 Å². The lowest BCUT2D eigenvalue weighted by Gasteiger charge is -2.22. The van der Waals surface area contributed by atoms with Crippen LogP contribution >= 0.6 is 0 Å². The Hall–Kier alpha value is -1.40. The molecule has 1 saturated heterocycles. The number of nitrogens with zero attached hydrogens (tertiary/aromatic N) is 2. The number of amides is 1. The normalized spacial score (nSPS) is 22.4. The summed E-state index contributed by atoms with van der Waals surface area (Å²) in [7, 11) is 0. The molecule has 1 unspecified atom stereocenters. The Morgan fingerprint density at radius 2 is 2.17 bits per heavy atom. The third kappa shape index (κ3) is 5.05. The molecular formula is C18H30N4O2. The third-order valence-electron chi connectivity index (χ3n) is 5.00. The summed E-state index contributed by atoms with van der Waals surface area (Å²) >= 11 is 0. The van der Waals surface area contributed by atoms with E-state index in [0.717, 1.165) is 39.0 Å². The van der Waals surface area contributed by atoms with E-state index in [0.29, 0.717) is 24.4 Å². The van der Waals surface area contributed by atoms with E-state index >= 15 is 0 Å². The zero-order valence-electron chi connectivity index (χ0n) is 14.5. The second kappa shape index (κ2) is 9.18.